The predicted molar refractivity (Wildman–Crippen MR) is 126 cm³/mol. The van der Waals surface area contributed by atoms with Crippen molar-refractivity contribution in [3.05, 3.63) is 78.4 Å². The summed E-state index contributed by atoms with van der Waals surface area (Å²) in [4.78, 5) is 1.74. The first-order valence-corrected chi connectivity index (χ1v) is 11.0. The molecule has 4 aromatic rings. The Bertz CT molecular complexity index is 1270. The van der Waals surface area contributed by atoms with Gasteiger partial charge in [0.2, 0.25) is 10.0 Å². The van der Waals surface area contributed by atoms with E-state index in [1.807, 2.05) is 60.7 Å². The molecule has 11 heteroatoms. The van der Waals surface area contributed by atoms with Crippen molar-refractivity contribution < 1.29 is 8.42 Å². The van der Waals surface area contributed by atoms with Crippen molar-refractivity contribution in [1.82, 2.24) is 20.6 Å². The van der Waals surface area contributed by atoms with Crippen LogP contribution in [-0.4, -0.2) is 65.6 Å². The summed E-state index contributed by atoms with van der Waals surface area (Å²) in [6.45, 7) is 0.526. The van der Waals surface area contributed by atoms with Crippen molar-refractivity contribution in [2.24, 2.45) is 5.14 Å². The van der Waals surface area contributed by atoms with Gasteiger partial charge in [0.05, 0.1) is 5.69 Å². The molecule has 0 radical (unpaired) electrons. The summed E-state index contributed by atoms with van der Waals surface area (Å²) in [5.74, 6) is 0.328. The summed E-state index contributed by atoms with van der Waals surface area (Å²) in [6.07, 6.45) is 0. The molecule has 0 spiro atoms. The van der Waals surface area contributed by atoms with Gasteiger partial charge >= 0.3 is 29.6 Å². The number of para-hydroxylation sites is 1. The maximum atomic E-state index is 12.5. The van der Waals surface area contributed by atoms with Crippen LogP contribution < -0.4 is 15.4 Å². The molecular weight excluding hydrogens is 437 g/mol. The number of tetrazole rings is 1. The van der Waals surface area contributed by atoms with Crippen LogP contribution in [0.4, 0.5) is 17.1 Å². The molecule has 1 heterocycles. The van der Waals surface area contributed by atoms with Crippen LogP contribution in [-0.2, 0) is 16.6 Å². The number of hydrogen-bond acceptors (Lipinski definition) is 7. The predicted octanol–water partition coefficient (Wildman–Crippen LogP) is 2.25. The molecule has 0 unspecified atom stereocenters. The van der Waals surface area contributed by atoms with Crippen LogP contribution in [0.5, 0.6) is 0 Å². The fourth-order valence-corrected chi connectivity index (χ4v) is 4.03. The zero-order valence-corrected chi connectivity index (χ0v) is 17.5. The Kier molecular flexibility index (Phi) is 7.64. The van der Waals surface area contributed by atoms with Gasteiger partial charge in [-0.25, -0.2) is 18.7 Å². The first-order valence-electron chi connectivity index (χ1n) is 9.45. The summed E-state index contributed by atoms with van der Waals surface area (Å²) in [6, 6.07) is 22.5. The van der Waals surface area contributed by atoms with Crippen LogP contribution in [0.1, 0.15) is 5.56 Å². The van der Waals surface area contributed by atoms with Crippen molar-refractivity contribution in [1.29, 1.82) is 0 Å². The molecule has 0 amide bonds. The molecular formula is C21H22N7NaO2S. The minimum atomic E-state index is -4.04. The molecule has 0 saturated heterocycles. The number of anilines is 3. The second-order valence-corrected chi connectivity index (χ2v) is 8.42. The van der Waals surface area contributed by atoms with Crippen LogP contribution in [0, 0.1) is 0 Å². The number of sulfonamides is 1. The molecule has 0 aliphatic heterocycles. The summed E-state index contributed by atoms with van der Waals surface area (Å²) in [5.41, 5.74) is 3.47. The topological polar surface area (TPSA) is 130 Å². The van der Waals surface area contributed by atoms with E-state index in [-0.39, 0.29) is 34.5 Å². The number of primary sulfonamides is 1. The van der Waals surface area contributed by atoms with E-state index in [9.17, 15) is 8.42 Å². The van der Waals surface area contributed by atoms with Crippen molar-refractivity contribution in [3.8, 4) is 11.4 Å². The second kappa shape index (κ2) is 10.2. The quantitative estimate of drug-likeness (QED) is 0.361. The van der Waals surface area contributed by atoms with Crippen LogP contribution in [0.25, 0.3) is 11.4 Å². The van der Waals surface area contributed by atoms with E-state index in [1.54, 1.807) is 18.0 Å². The van der Waals surface area contributed by atoms with E-state index in [0.29, 0.717) is 29.3 Å². The zero-order valence-electron chi connectivity index (χ0n) is 16.7. The van der Waals surface area contributed by atoms with Gasteiger partial charge in [0, 0.05) is 30.5 Å². The van der Waals surface area contributed by atoms with Crippen molar-refractivity contribution in [3.63, 3.8) is 0 Å². The molecule has 0 bridgehead atoms. The number of aromatic nitrogens is 4. The second-order valence-electron chi connectivity index (χ2n) is 6.89. The molecule has 0 fully saturated rings. The van der Waals surface area contributed by atoms with E-state index in [1.165, 1.54) is 6.07 Å². The summed E-state index contributed by atoms with van der Waals surface area (Å²) in [7, 11) is -2.25. The molecule has 160 valence electrons. The number of nitrogens with two attached hydrogens (primary N) is 1. The van der Waals surface area contributed by atoms with Gasteiger partial charge < -0.3 is 10.2 Å². The van der Waals surface area contributed by atoms with Crippen LogP contribution in [0.15, 0.2) is 77.7 Å². The Hall–Kier alpha value is -2.76. The Morgan fingerprint density at radius 2 is 1.69 bits per heavy atom. The van der Waals surface area contributed by atoms with Gasteiger partial charge in [0.15, 0.2) is 5.82 Å². The minimum absolute atomic E-state index is 0. The van der Waals surface area contributed by atoms with Crippen molar-refractivity contribution >= 4 is 56.6 Å². The van der Waals surface area contributed by atoms with E-state index >= 15 is 0 Å². The normalized spacial score (nSPS) is 10.9. The number of hydrogen-bond donors (Lipinski definition) is 3. The average Bonchev–Trinajstić information content (AvgIpc) is 3.32. The number of benzene rings is 3. The molecule has 1 aromatic heterocycles. The Labute approximate surface area is 208 Å². The molecule has 32 heavy (non-hydrogen) atoms. The first kappa shape index (κ1) is 23.9. The molecule has 0 aliphatic rings. The number of aromatic amines is 1. The maximum absolute atomic E-state index is 12.5. The Morgan fingerprint density at radius 3 is 2.28 bits per heavy atom. The fourth-order valence-electron chi connectivity index (χ4n) is 3.26. The van der Waals surface area contributed by atoms with Gasteiger partial charge in [-0.3, -0.25) is 0 Å². The molecule has 0 saturated carbocycles. The average molecular weight is 460 g/mol. The number of nitrogens with zero attached hydrogens (tertiary/aromatic N) is 4. The van der Waals surface area contributed by atoms with Gasteiger partial charge in [-0.05, 0) is 40.3 Å². The van der Waals surface area contributed by atoms with Gasteiger partial charge in [-0.2, -0.15) is 0 Å². The summed E-state index contributed by atoms with van der Waals surface area (Å²) >= 11 is 0. The third-order valence-corrected chi connectivity index (χ3v) is 5.78. The monoisotopic (exact) mass is 459 g/mol. The fraction of sp³-hybridized carbons (Fsp3) is 0.0952. The van der Waals surface area contributed by atoms with Gasteiger partial charge in [0.1, 0.15) is 4.90 Å². The van der Waals surface area contributed by atoms with E-state index < -0.39 is 10.0 Å². The van der Waals surface area contributed by atoms with Crippen LogP contribution >= 0.6 is 0 Å². The molecule has 0 atom stereocenters. The van der Waals surface area contributed by atoms with Crippen molar-refractivity contribution in [2.75, 3.05) is 17.3 Å². The molecule has 0 aliphatic carbocycles. The van der Waals surface area contributed by atoms with E-state index in [0.717, 1.165) is 11.3 Å². The van der Waals surface area contributed by atoms with E-state index in [2.05, 4.69) is 25.9 Å². The molecule has 3 aromatic carbocycles. The molecule has 4 N–H and O–H groups in total. The van der Waals surface area contributed by atoms with Crippen LogP contribution in [0.2, 0.25) is 0 Å². The zero-order chi connectivity index (χ0) is 21.8. The Balaban J connectivity index is 0.00000289. The van der Waals surface area contributed by atoms with Gasteiger partial charge in [-0.15, -0.1) is 5.10 Å². The van der Waals surface area contributed by atoms with Crippen LogP contribution in [0.3, 0.4) is 0 Å². The molecule has 4 rings (SSSR count). The van der Waals surface area contributed by atoms with Gasteiger partial charge in [-0.1, -0.05) is 48.5 Å². The summed E-state index contributed by atoms with van der Waals surface area (Å²) in [5, 5.41) is 22.8. The standard InChI is InChI=1S/C21H21N7O2S.Na.H/c1-28(16-10-6-3-7-11-16)19-13-18(23-14-15-8-4-2-5-9-15)17(21-24-26-27-25-21)12-20(19)31(22,29)30;;/h2-13,23H,14H2,1H3,(H2,22,29,30)(H,24,25,26,27);;. The van der Waals surface area contributed by atoms with Crippen molar-refractivity contribution in [2.45, 2.75) is 11.4 Å². The number of H-pyrrole nitrogens is 1. The summed E-state index contributed by atoms with van der Waals surface area (Å²) < 4.78 is 24.9. The number of nitrogens with one attached hydrogen (secondary N) is 2. The Morgan fingerprint density at radius 1 is 1.03 bits per heavy atom. The SMILES string of the molecule is CN(c1ccccc1)c1cc(NCc2ccccc2)c(-c2nnn[nH]2)cc1S(N)(=O)=O.[NaH]. The molecule has 9 nitrogen and oxygen atoms in total. The third-order valence-electron chi connectivity index (χ3n) is 4.84. The van der Waals surface area contributed by atoms with E-state index in [4.69, 9.17) is 5.14 Å². The third kappa shape index (κ3) is 5.34. The van der Waals surface area contributed by atoms with Gasteiger partial charge in [0.25, 0.3) is 0 Å². The first-order chi connectivity index (χ1) is 14.9. The number of rotatable bonds is 7.